The number of guanidine groups is 1. The maximum Gasteiger partial charge on any atom is 0.191 e. The van der Waals surface area contributed by atoms with Gasteiger partial charge in [-0.05, 0) is 30.7 Å². The van der Waals surface area contributed by atoms with Crippen molar-refractivity contribution < 1.29 is 4.42 Å². The Kier molecular flexibility index (Phi) is 6.03. The minimum atomic E-state index is 0. The average Bonchev–Trinajstić information content (AvgIpc) is 3.16. The second-order valence-corrected chi connectivity index (χ2v) is 5.06. The first-order valence-electron chi connectivity index (χ1n) is 7.16. The molecule has 0 radical (unpaired) electrons. The summed E-state index contributed by atoms with van der Waals surface area (Å²) in [6, 6.07) is 7.86. The van der Waals surface area contributed by atoms with Gasteiger partial charge >= 0.3 is 0 Å². The van der Waals surface area contributed by atoms with Gasteiger partial charge in [0.05, 0.1) is 25.0 Å². The van der Waals surface area contributed by atoms with Crippen molar-refractivity contribution in [1.29, 1.82) is 0 Å². The molecule has 0 saturated heterocycles. The van der Waals surface area contributed by atoms with Gasteiger partial charge in [-0.15, -0.1) is 24.0 Å². The third kappa shape index (κ3) is 4.47. The standard InChI is InChI=1S/C16H19N5O.HI/c1-12-5-6-15-20-13(11-21(15)10-12)8-18-16(17-2)19-9-14-4-3-7-22-14;/h3-7,10-11H,8-9H2,1-2H3,(H2,17,18,19);1H. The van der Waals surface area contributed by atoms with E-state index in [4.69, 9.17) is 4.42 Å². The number of imidazole rings is 1. The molecule has 0 spiro atoms. The molecule has 3 aromatic rings. The maximum absolute atomic E-state index is 5.28. The van der Waals surface area contributed by atoms with Crippen molar-refractivity contribution in [1.82, 2.24) is 20.0 Å². The van der Waals surface area contributed by atoms with Crippen molar-refractivity contribution in [3.63, 3.8) is 0 Å². The summed E-state index contributed by atoms with van der Waals surface area (Å²) in [5.74, 6) is 1.58. The molecule has 0 aliphatic heterocycles. The van der Waals surface area contributed by atoms with Gasteiger partial charge in [-0.25, -0.2) is 4.98 Å². The molecule has 0 fully saturated rings. The Morgan fingerprint density at radius 2 is 2.04 bits per heavy atom. The molecule has 0 bridgehead atoms. The number of aromatic nitrogens is 2. The van der Waals surface area contributed by atoms with Gasteiger partial charge in [0.15, 0.2) is 5.96 Å². The Bertz CT molecular complexity index is 779. The zero-order chi connectivity index (χ0) is 15.4. The first-order valence-corrected chi connectivity index (χ1v) is 7.16. The molecule has 0 aliphatic carbocycles. The number of aryl methyl sites for hydroxylation is 1. The van der Waals surface area contributed by atoms with Crippen LogP contribution in [-0.4, -0.2) is 22.4 Å². The number of nitrogens with one attached hydrogen (secondary N) is 2. The number of furan rings is 1. The van der Waals surface area contributed by atoms with Crippen LogP contribution in [0.25, 0.3) is 5.65 Å². The summed E-state index contributed by atoms with van der Waals surface area (Å²) < 4.78 is 7.31. The van der Waals surface area contributed by atoms with Gasteiger partial charge in [-0.1, -0.05) is 6.07 Å². The minimum Gasteiger partial charge on any atom is -0.467 e. The lowest BCUT2D eigenvalue weighted by Crippen LogP contribution is -2.36. The minimum absolute atomic E-state index is 0. The molecule has 0 amide bonds. The van der Waals surface area contributed by atoms with Gasteiger partial charge in [0, 0.05) is 19.4 Å². The van der Waals surface area contributed by atoms with Crippen LogP contribution in [0.15, 0.2) is 52.3 Å². The summed E-state index contributed by atoms with van der Waals surface area (Å²) in [6.07, 6.45) is 5.75. The van der Waals surface area contributed by atoms with E-state index in [9.17, 15) is 0 Å². The normalized spacial score (nSPS) is 11.3. The van der Waals surface area contributed by atoms with Gasteiger partial charge in [0.25, 0.3) is 0 Å². The van der Waals surface area contributed by atoms with Crippen molar-refractivity contribution in [3.05, 3.63) is 59.9 Å². The number of aliphatic imine (C=N–C) groups is 1. The van der Waals surface area contributed by atoms with Crippen LogP contribution in [-0.2, 0) is 13.1 Å². The highest BCUT2D eigenvalue weighted by molar-refractivity contribution is 14.0. The van der Waals surface area contributed by atoms with Crippen LogP contribution in [0.3, 0.4) is 0 Å². The summed E-state index contributed by atoms with van der Waals surface area (Å²) >= 11 is 0. The van der Waals surface area contributed by atoms with Crippen LogP contribution in [0, 0.1) is 6.92 Å². The van der Waals surface area contributed by atoms with Crippen LogP contribution in [0.2, 0.25) is 0 Å². The number of hydrogen-bond donors (Lipinski definition) is 2. The summed E-state index contributed by atoms with van der Waals surface area (Å²) in [5.41, 5.74) is 3.12. The number of fused-ring (bicyclic) bond motifs is 1. The summed E-state index contributed by atoms with van der Waals surface area (Å²) in [4.78, 5) is 8.76. The maximum atomic E-state index is 5.28. The van der Waals surface area contributed by atoms with E-state index in [0.29, 0.717) is 19.0 Å². The lowest BCUT2D eigenvalue weighted by molar-refractivity contribution is 0.501. The fourth-order valence-electron chi connectivity index (χ4n) is 2.22. The van der Waals surface area contributed by atoms with Gasteiger partial charge in [-0.2, -0.15) is 0 Å². The number of rotatable bonds is 4. The third-order valence-corrected chi connectivity index (χ3v) is 3.32. The van der Waals surface area contributed by atoms with Crippen molar-refractivity contribution in [2.24, 2.45) is 4.99 Å². The molecule has 0 atom stereocenters. The van der Waals surface area contributed by atoms with Crippen molar-refractivity contribution in [3.8, 4) is 0 Å². The molecule has 122 valence electrons. The van der Waals surface area contributed by atoms with E-state index in [0.717, 1.165) is 17.1 Å². The third-order valence-electron chi connectivity index (χ3n) is 3.32. The zero-order valence-electron chi connectivity index (χ0n) is 13.1. The first-order chi connectivity index (χ1) is 10.7. The van der Waals surface area contributed by atoms with Gasteiger partial charge in [0.2, 0.25) is 0 Å². The highest BCUT2D eigenvalue weighted by atomic mass is 127. The van der Waals surface area contributed by atoms with E-state index in [1.807, 2.05) is 28.8 Å². The van der Waals surface area contributed by atoms with Gasteiger partial charge in [0.1, 0.15) is 11.4 Å². The Morgan fingerprint density at radius 1 is 1.22 bits per heavy atom. The van der Waals surface area contributed by atoms with Gasteiger partial charge in [-0.3, -0.25) is 4.99 Å². The molecule has 23 heavy (non-hydrogen) atoms. The van der Waals surface area contributed by atoms with Crippen LogP contribution in [0.4, 0.5) is 0 Å². The Balaban J connectivity index is 0.00000192. The summed E-state index contributed by atoms with van der Waals surface area (Å²) in [6.45, 7) is 3.27. The summed E-state index contributed by atoms with van der Waals surface area (Å²) in [7, 11) is 1.74. The highest BCUT2D eigenvalue weighted by Crippen LogP contribution is 2.07. The zero-order valence-corrected chi connectivity index (χ0v) is 15.4. The molecular formula is C16H20IN5O. The topological polar surface area (TPSA) is 66.9 Å². The molecule has 0 aliphatic rings. The average molecular weight is 425 g/mol. The lowest BCUT2D eigenvalue weighted by atomic mass is 10.3. The van der Waals surface area contributed by atoms with Gasteiger partial charge < -0.3 is 19.5 Å². The first kappa shape index (κ1) is 17.3. The van der Waals surface area contributed by atoms with E-state index in [1.54, 1.807) is 13.3 Å². The van der Waals surface area contributed by atoms with Crippen molar-refractivity contribution in [2.75, 3.05) is 7.05 Å². The predicted molar refractivity (Wildman–Crippen MR) is 101 cm³/mol. The molecule has 0 unspecified atom stereocenters. The Hall–Kier alpha value is -2.03. The second-order valence-electron chi connectivity index (χ2n) is 5.06. The second kappa shape index (κ2) is 8.00. The molecule has 6 nitrogen and oxygen atoms in total. The quantitative estimate of drug-likeness (QED) is 0.383. The molecular weight excluding hydrogens is 405 g/mol. The predicted octanol–water partition coefficient (Wildman–Crippen LogP) is 2.72. The SMILES string of the molecule is CN=C(NCc1cn2cc(C)ccc2n1)NCc1ccco1.I. The van der Waals surface area contributed by atoms with Crippen LogP contribution in [0.5, 0.6) is 0 Å². The van der Waals surface area contributed by atoms with E-state index in [2.05, 4.69) is 39.8 Å². The van der Waals surface area contributed by atoms with Crippen LogP contribution >= 0.6 is 24.0 Å². The summed E-state index contributed by atoms with van der Waals surface area (Å²) in [5, 5.41) is 6.44. The Labute approximate surface area is 152 Å². The van der Waals surface area contributed by atoms with E-state index >= 15 is 0 Å². The molecule has 0 saturated carbocycles. The van der Waals surface area contributed by atoms with E-state index < -0.39 is 0 Å². The largest absolute Gasteiger partial charge is 0.467 e. The molecule has 3 rings (SSSR count). The fourth-order valence-corrected chi connectivity index (χ4v) is 2.22. The number of halogens is 1. The van der Waals surface area contributed by atoms with Crippen LogP contribution in [0.1, 0.15) is 17.0 Å². The number of nitrogens with zero attached hydrogens (tertiary/aromatic N) is 3. The number of hydrogen-bond acceptors (Lipinski definition) is 3. The van der Waals surface area contributed by atoms with E-state index in [-0.39, 0.29) is 24.0 Å². The molecule has 3 heterocycles. The Morgan fingerprint density at radius 3 is 2.78 bits per heavy atom. The van der Waals surface area contributed by atoms with Crippen molar-refractivity contribution in [2.45, 2.75) is 20.0 Å². The molecule has 2 N–H and O–H groups in total. The van der Waals surface area contributed by atoms with E-state index in [1.165, 1.54) is 5.56 Å². The highest BCUT2D eigenvalue weighted by Gasteiger charge is 2.04. The lowest BCUT2D eigenvalue weighted by Gasteiger charge is -2.09. The molecule has 3 aromatic heterocycles. The molecule has 0 aromatic carbocycles. The molecule has 7 heteroatoms. The monoisotopic (exact) mass is 425 g/mol. The number of pyridine rings is 1. The van der Waals surface area contributed by atoms with Crippen molar-refractivity contribution >= 4 is 35.6 Å². The fraction of sp³-hybridized carbons (Fsp3) is 0.250. The smallest absolute Gasteiger partial charge is 0.191 e. The van der Waals surface area contributed by atoms with Crippen LogP contribution < -0.4 is 10.6 Å².